The highest BCUT2D eigenvalue weighted by Gasteiger charge is 2.21. The van der Waals surface area contributed by atoms with E-state index in [1.807, 2.05) is 44.2 Å². The molecule has 1 aromatic heterocycles. The molecule has 0 aliphatic heterocycles. The molecule has 26 heavy (non-hydrogen) atoms. The number of rotatable bonds is 5. The first-order valence-corrected chi connectivity index (χ1v) is 8.62. The zero-order valence-corrected chi connectivity index (χ0v) is 15.3. The summed E-state index contributed by atoms with van der Waals surface area (Å²) >= 11 is 5.87. The van der Waals surface area contributed by atoms with E-state index in [-0.39, 0.29) is 18.6 Å². The molecule has 0 atom stereocenters. The van der Waals surface area contributed by atoms with Gasteiger partial charge in [0.05, 0.1) is 0 Å². The molecule has 3 aromatic rings. The van der Waals surface area contributed by atoms with E-state index in [9.17, 15) is 4.79 Å². The number of aromatic nitrogens is 2. The molecule has 1 N–H and O–H groups in total. The van der Waals surface area contributed by atoms with Crippen LogP contribution in [0.1, 0.15) is 19.7 Å². The van der Waals surface area contributed by atoms with Crippen LogP contribution >= 0.6 is 11.6 Å². The Morgan fingerprint density at radius 3 is 2.50 bits per heavy atom. The van der Waals surface area contributed by atoms with E-state index in [0.29, 0.717) is 22.4 Å². The summed E-state index contributed by atoms with van der Waals surface area (Å²) in [5, 5.41) is 7.45. The van der Waals surface area contributed by atoms with E-state index in [1.54, 1.807) is 29.2 Å². The number of nitrogens with one attached hydrogen (secondary N) is 1. The van der Waals surface area contributed by atoms with Crippen LogP contribution in [0.15, 0.2) is 59.1 Å². The summed E-state index contributed by atoms with van der Waals surface area (Å²) in [5.41, 5.74) is 1.53. The van der Waals surface area contributed by atoms with E-state index in [2.05, 4.69) is 15.5 Å². The van der Waals surface area contributed by atoms with Gasteiger partial charge in [0.2, 0.25) is 11.7 Å². The van der Waals surface area contributed by atoms with E-state index in [1.165, 1.54) is 0 Å². The quantitative estimate of drug-likeness (QED) is 0.698. The van der Waals surface area contributed by atoms with Gasteiger partial charge < -0.3 is 14.7 Å². The van der Waals surface area contributed by atoms with Crippen LogP contribution in [0.3, 0.4) is 0 Å². The SMILES string of the molecule is CC(C)N(Cc1nc(-c2ccccc2)no1)C(=O)Nc1ccc(Cl)cc1. The monoisotopic (exact) mass is 370 g/mol. The maximum atomic E-state index is 12.6. The Kier molecular flexibility index (Phi) is 5.53. The number of anilines is 1. The first-order chi connectivity index (χ1) is 12.5. The molecule has 0 fully saturated rings. The normalized spacial score (nSPS) is 10.8. The number of nitrogens with zero attached hydrogens (tertiary/aromatic N) is 3. The van der Waals surface area contributed by atoms with Crippen molar-refractivity contribution in [2.45, 2.75) is 26.4 Å². The summed E-state index contributed by atoms with van der Waals surface area (Å²) in [6.07, 6.45) is 0. The lowest BCUT2D eigenvalue weighted by molar-refractivity contribution is 0.182. The van der Waals surface area contributed by atoms with Gasteiger partial charge in [-0.15, -0.1) is 0 Å². The van der Waals surface area contributed by atoms with Gasteiger partial charge in [-0.05, 0) is 38.1 Å². The van der Waals surface area contributed by atoms with Gasteiger partial charge in [0.15, 0.2) is 0 Å². The third-order valence-corrected chi connectivity index (χ3v) is 4.04. The Bertz CT molecular complexity index is 863. The third-order valence-electron chi connectivity index (χ3n) is 3.79. The van der Waals surface area contributed by atoms with Crippen molar-refractivity contribution >= 4 is 23.3 Å². The molecule has 0 aliphatic carbocycles. The predicted octanol–water partition coefficient (Wildman–Crippen LogP) is 4.83. The third kappa shape index (κ3) is 4.40. The van der Waals surface area contributed by atoms with Gasteiger partial charge in [0.1, 0.15) is 6.54 Å². The molecule has 7 heteroatoms. The van der Waals surface area contributed by atoms with Crippen LogP contribution in [0.2, 0.25) is 5.02 Å². The molecule has 2 aromatic carbocycles. The summed E-state index contributed by atoms with van der Waals surface area (Å²) < 4.78 is 5.32. The van der Waals surface area contributed by atoms with Gasteiger partial charge in [-0.1, -0.05) is 47.1 Å². The average molecular weight is 371 g/mol. The number of halogens is 1. The van der Waals surface area contributed by atoms with Crippen LogP contribution in [0.5, 0.6) is 0 Å². The van der Waals surface area contributed by atoms with Crippen LogP contribution < -0.4 is 5.32 Å². The van der Waals surface area contributed by atoms with Crippen molar-refractivity contribution in [1.82, 2.24) is 15.0 Å². The highest BCUT2D eigenvalue weighted by atomic mass is 35.5. The Labute approximate surface area is 156 Å². The second-order valence-electron chi connectivity index (χ2n) is 6.04. The molecular formula is C19H19ClN4O2. The van der Waals surface area contributed by atoms with Gasteiger partial charge in [-0.25, -0.2) is 4.79 Å². The lowest BCUT2D eigenvalue weighted by Gasteiger charge is -2.25. The maximum absolute atomic E-state index is 12.6. The lowest BCUT2D eigenvalue weighted by Crippen LogP contribution is -2.39. The molecule has 0 saturated carbocycles. The summed E-state index contributed by atoms with van der Waals surface area (Å²) in [7, 11) is 0. The minimum atomic E-state index is -0.248. The van der Waals surface area contributed by atoms with Crippen molar-refractivity contribution in [3.05, 3.63) is 65.5 Å². The van der Waals surface area contributed by atoms with Crippen molar-refractivity contribution in [3.63, 3.8) is 0 Å². The molecule has 134 valence electrons. The van der Waals surface area contributed by atoms with Crippen molar-refractivity contribution in [2.75, 3.05) is 5.32 Å². The van der Waals surface area contributed by atoms with Crippen molar-refractivity contribution in [1.29, 1.82) is 0 Å². The maximum Gasteiger partial charge on any atom is 0.322 e. The van der Waals surface area contributed by atoms with E-state index >= 15 is 0 Å². The number of carbonyl (C=O) groups excluding carboxylic acids is 1. The summed E-state index contributed by atoms with van der Waals surface area (Å²) in [6.45, 7) is 4.07. The fourth-order valence-electron chi connectivity index (χ4n) is 2.39. The first-order valence-electron chi connectivity index (χ1n) is 8.24. The second kappa shape index (κ2) is 8.01. The van der Waals surface area contributed by atoms with Crippen molar-refractivity contribution in [3.8, 4) is 11.4 Å². The van der Waals surface area contributed by atoms with E-state index in [0.717, 1.165) is 5.56 Å². The fraction of sp³-hybridized carbons (Fsp3) is 0.211. The fourth-order valence-corrected chi connectivity index (χ4v) is 2.51. The first kappa shape index (κ1) is 17.9. The zero-order chi connectivity index (χ0) is 18.5. The highest BCUT2D eigenvalue weighted by Crippen LogP contribution is 2.18. The van der Waals surface area contributed by atoms with Crippen LogP contribution in [0.4, 0.5) is 10.5 Å². The van der Waals surface area contributed by atoms with Crippen LogP contribution in [-0.2, 0) is 6.54 Å². The number of hydrogen-bond donors (Lipinski definition) is 1. The van der Waals surface area contributed by atoms with E-state index < -0.39 is 0 Å². The molecule has 0 radical (unpaired) electrons. The lowest BCUT2D eigenvalue weighted by atomic mass is 10.2. The molecule has 0 spiro atoms. The second-order valence-corrected chi connectivity index (χ2v) is 6.47. The van der Waals surface area contributed by atoms with Crippen LogP contribution in [0, 0.1) is 0 Å². The topological polar surface area (TPSA) is 71.3 Å². The molecular weight excluding hydrogens is 352 g/mol. The summed E-state index contributed by atoms with van der Waals surface area (Å²) in [6, 6.07) is 16.2. The standard InChI is InChI=1S/C19H19ClN4O2/c1-13(2)24(19(25)21-16-10-8-15(20)9-11-16)12-17-22-18(23-26-17)14-6-4-3-5-7-14/h3-11,13H,12H2,1-2H3,(H,21,25). The number of hydrogen-bond acceptors (Lipinski definition) is 4. The molecule has 0 aliphatic rings. The Morgan fingerprint density at radius 2 is 1.85 bits per heavy atom. The Hall–Kier alpha value is -2.86. The van der Waals surface area contributed by atoms with Crippen molar-refractivity contribution < 1.29 is 9.32 Å². The number of benzene rings is 2. The Morgan fingerprint density at radius 1 is 1.15 bits per heavy atom. The highest BCUT2D eigenvalue weighted by molar-refractivity contribution is 6.30. The van der Waals surface area contributed by atoms with E-state index in [4.69, 9.17) is 16.1 Å². The summed E-state index contributed by atoms with van der Waals surface area (Å²) in [4.78, 5) is 18.6. The summed E-state index contributed by atoms with van der Waals surface area (Å²) in [5.74, 6) is 0.881. The van der Waals surface area contributed by atoms with Gasteiger partial charge in [0.25, 0.3) is 0 Å². The number of carbonyl (C=O) groups is 1. The van der Waals surface area contributed by atoms with Crippen molar-refractivity contribution in [2.24, 2.45) is 0 Å². The molecule has 1 heterocycles. The number of amides is 2. The van der Waals surface area contributed by atoms with Gasteiger partial charge in [-0.3, -0.25) is 0 Å². The largest absolute Gasteiger partial charge is 0.337 e. The molecule has 0 saturated heterocycles. The average Bonchev–Trinajstić information content (AvgIpc) is 3.11. The minimum Gasteiger partial charge on any atom is -0.337 e. The van der Waals surface area contributed by atoms with Gasteiger partial charge in [0, 0.05) is 22.3 Å². The Balaban J connectivity index is 1.71. The van der Waals surface area contributed by atoms with Gasteiger partial charge in [-0.2, -0.15) is 4.98 Å². The molecule has 2 amide bonds. The number of urea groups is 1. The molecule has 0 unspecified atom stereocenters. The van der Waals surface area contributed by atoms with Gasteiger partial charge >= 0.3 is 6.03 Å². The minimum absolute atomic E-state index is 0.0469. The molecule has 0 bridgehead atoms. The van der Waals surface area contributed by atoms with Crippen LogP contribution in [-0.4, -0.2) is 27.1 Å². The van der Waals surface area contributed by atoms with Crippen LogP contribution in [0.25, 0.3) is 11.4 Å². The predicted molar refractivity (Wildman–Crippen MR) is 101 cm³/mol. The smallest absolute Gasteiger partial charge is 0.322 e. The molecule has 6 nitrogen and oxygen atoms in total. The zero-order valence-electron chi connectivity index (χ0n) is 14.5. The molecule has 3 rings (SSSR count).